The Morgan fingerprint density at radius 3 is 2.48 bits per heavy atom. The first-order valence-corrected chi connectivity index (χ1v) is 6.82. The van der Waals surface area contributed by atoms with E-state index in [0.29, 0.717) is 4.47 Å². The molecule has 1 aromatic carbocycles. The third-order valence-electron chi connectivity index (χ3n) is 2.72. The Bertz CT molecular complexity index is 689. The highest BCUT2D eigenvalue weighted by Crippen LogP contribution is 2.36. The first-order valence-electron chi connectivity index (χ1n) is 5.65. The minimum absolute atomic E-state index is 0.0155. The first-order chi connectivity index (χ1) is 9.74. The SMILES string of the molecule is CNc1cc(C(F)(F)F)cc(-c2ccc(Br)c(Cl)c2F)n1. The summed E-state index contributed by atoms with van der Waals surface area (Å²) in [6, 6.07) is 4.39. The molecule has 0 saturated carbocycles. The van der Waals surface area contributed by atoms with Gasteiger partial charge in [-0.25, -0.2) is 9.37 Å². The Kier molecular flexibility index (Phi) is 4.43. The molecule has 2 aromatic rings. The molecule has 1 aromatic heterocycles. The van der Waals surface area contributed by atoms with Crippen molar-refractivity contribution in [3.05, 3.63) is 45.1 Å². The molecule has 0 aliphatic rings. The fraction of sp³-hybridized carbons (Fsp3) is 0.154. The van der Waals surface area contributed by atoms with E-state index in [-0.39, 0.29) is 22.1 Å². The highest BCUT2D eigenvalue weighted by molar-refractivity contribution is 9.10. The Hall–Kier alpha value is -1.34. The fourth-order valence-electron chi connectivity index (χ4n) is 1.68. The predicted molar refractivity (Wildman–Crippen MR) is 76.9 cm³/mol. The molecule has 0 saturated heterocycles. The zero-order chi connectivity index (χ0) is 15.8. The second kappa shape index (κ2) is 5.81. The van der Waals surface area contributed by atoms with Gasteiger partial charge >= 0.3 is 6.18 Å². The van der Waals surface area contributed by atoms with Gasteiger partial charge in [-0.3, -0.25) is 0 Å². The Morgan fingerprint density at radius 2 is 1.90 bits per heavy atom. The molecule has 0 amide bonds. The number of alkyl halides is 3. The van der Waals surface area contributed by atoms with Crippen LogP contribution < -0.4 is 5.32 Å². The number of nitrogens with one attached hydrogen (secondary N) is 1. The number of benzene rings is 1. The minimum atomic E-state index is -4.56. The van der Waals surface area contributed by atoms with Crippen molar-refractivity contribution in [2.45, 2.75) is 6.18 Å². The quantitative estimate of drug-likeness (QED) is 0.557. The van der Waals surface area contributed by atoms with Gasteiger partial charge < -0.3 is 5.32 Å². The molecule has 0 aliphatic heterocycles. The molecule has 21 heavy (non-hydrogen) atoms. The Morgan fingerprint density at radius 1 is 1.24 bits per heavy atom. The molecule has 1 N–H and O–H groups in total. The van der Waals surface area contributed by atoms with Crippen molar-refractivity contribution >= 4 is 33.3 Å². The Labute approximate surface area is 131 Å². The van der Waals surface area contributed by atoms with Crippen molar-refractivity contribution < 1.29 is 17.6 Å². The molecule has 0 spiro atoms. The molecular weight excluding hydrogens is 376 g/mol. The average molecular weight is 384 g/mol. The van der Waals surface area contributed by atoms with Crippen LogP contribution in [-0.2, 0) is 6.18 Å². The highest BCUT2D eigenvalue weighted by atomic mass is 79.9. The fourth-order valence-corrected chi connectivity index (χ4v) is 2.16. The lowest BCUT2D eigenvalue weighted by Crippen LogP contribution is -2.08. The molecule has 0 fully saturated rings. The summed E-state index contributed by atoms with van der Waals surface area (Å²) in [6.45, 7) is 0. The normalized spacial score (nSPS) is 11.6. The maximum Gasteiger partial charge on any atom is 0.416 e. The second-order valence-electron chi connectivity index (χ2n) is 4.10. The predicted octanol–water partition coefficient (Wildman–Crippen LogP) is 5.36. The van der Waals surface area contributed by atoms with Gasteiger partial charge in [0.25, 0.3) is 0 Å². The number of aromatic nitrogens is 1. The second-order valence-corrected chi connectivity index (χ2v) is 5.33. The van der Waals surface area contributed by atoms with E-state index >= 15 is 0 Å². The summed E-state index contributed by atoms with van der Waals surface area (Å²) in [7, 11) is 1.43. The van der Waals surface area contributed by atoms with Crippen LogP contribution in [0.3, 0.4) is 0 Å². The highest BCUT2D eigenvalue weighted by Gasteiger charge is 2.32. The van der Waals surface area contributed by atoms with Crippen LogP contribution in [0.5, 0.6) is 0 Å². The van der Waals surface area contributed by atoms with E-state index in [0.717, 1.165) is 12.1 Å². The van der Waals surface area contributed by atoms with Crippen LogP contribution in [0.25, 0.3) is 11.3 Å². The van der Waals surface area contributed by atoms with Crippen LogP contribution >= 0.6 is 27.5 Å². The largest absolute Gasteiger partial charge is 0.416 e. The van der Waals surface area contributed by atoms with Crippen molar-refractivity contribution in [3.63, 3.8) is 0 Å². The summed E-state index contributed by atoms with van der Waals surface area (Å²) in [5, 5.41) is 2.31. The summed E-state index contributed by atoms with van der Waals surface area (Å²) in [4.78, 5) is 3.94. The van der Waals surface area contributed by atoms with Gasteiger partial charge in [0, 0.05) is 17.1 Å². The molecular formula is C13H8BrClF4N2. The van der Waals surface area contributed by atoms with E-state index in [1.807, 2.05) is 0 Å². The molecule has 0 atom stereocenters. The van der Waals surface area contributed by atoms with Gasteiger partial charge in [-0.15, -0.1) is 0 Å². The standard InChI is InChI=1S/C13H8BrClF4N2/c1-20-10-5-6(13(17,18)19)4-9(21-10)7-2-3-8(14)11(15)12(7)16/h2-5H,1H3,(H,20,21). The molecule has 0 radical (unpaired) electrons. The summed E-state index contributed by atoms with van der Waals surface area (Å²) in [5.41, 5.74) is -1.18. The molecule has 0 aliphatic carbocycles. The van der Waals surface area contributed by atoms with Crippen LogP contribution in [0.2, 0.25) is 5.02 Å². The maximum atomic E-state index is 14.1. The van der Waals surface area contributed by atoms with Gasteiger partial charge in [-0.05, 0) is 40.2 Å². The molecule has 112 valence electrons. The molecule has 1 heterocycles. The molecule has 8 heteroatoms. The van der Waals surface area contributed by atoms with Crippen LogP contribution in [0, 0.1) is 5.82 Å². The van der Waals surface area contributed by atoms with Gasteiger partial charge in [0.05, 0.1) is 16.3 Å². The number of pyridine rings is 1. The third kappa shape index (κ3) is 3.29. The number of hydrogen-bond acceptors (Lipinski definition) is 2. The summed E-state index contributed by atoms with van der Waals surface area (Å²) in [6.07, 6.45) is -4.56. The number of hydrogen-bond donors (Lipinski definition) is 1. The number of rotatable bonds is 2. The van der Waals surface area contributed by atoms with E-state index in [9.17, 15) is 17.6 Å². The molecule has 0 unspecified atom stereocenters. The number of anilines is 1. The van der Waals surface area contributed by atoms with Crippen LogP contribution in [-0.4, -0.2) is 12.0 Å². The smallest absolute Gasteiger partial charge is 0.373 e. The number of halogens is 6. The lowest BCUT2D eigenvalue weighted by Gasteiger charge is -2.12. The Balaban J connectivity index is 2.67. The minimum Gasteiger partial charge on any atom is -0.373 e. The van der Waals surface area contributed by atoms with E-state index < -0.39 is 17.6 Å². The lowest BCUT2D eigenvalue weighted by atomic mass is 10.1. The first kappa shape index (κ1) is 16.0. The lowest BCUT2D eigenvalue weighted by molar-refractivity contribution is -0.137. The molecule has 2 rings (SSSR count). The van der Waals surface area contributed by atoms with E-state index in [1.54, 1.807) is 0 Å². The third-order valence-corrected chi connectivity index (χ3v) is 3.98. The molecule has 2 nitrogen and oxygen atoms in total. The monoisotopic (exact) mass is 382 g/mol. The van der Waals surface area contributed by atoms with Gasteiger partial charge in [0.2, 0.25) is 0 Å². The van der Waals surface area contributed by atoms with Crippen molar-refractivity contribution in [2.75, 3.05) is 12.4 Å². The van der Waals surface area contributed by atoms with E-state index in [2.05, 4.69) is 26.2 Å². The van der Waals surface area contributed by atoms with Gasteiger partial charge in [0.15, 0.2) is 5.82 Å². The van der Waals surface area contributed by atoms with Crippen LogP contribution in [0.1, 0.15) is 5.56 Å². The maximum absolute atomic E-state index is 14.1. The van der Waals surface area contributed by atoms with E-state index in [1.165, 1.54) is 19.2 Å². The topological polar surface area (TPSA) is 24.9 Å². The van der Waals surface area contributed by atoms with Crippen LogP contribution in [0.4, 0.5) is 23.4 Å². The van der Waals surface area contributed by atoms with Gasteiger partial charge in [-0.2, -0.15) is 13.2 Å². The van der Waals surface area contributed by atoms with Crippen molar-refractivity contribution in [3.8, 4) is 11.3 Å². The summed E-state index contributed by atoms with van der Waals surface area (Å²) in [5.74, 6) is -0.849. The van der Waals surface area contributed by atoms with Crippen LogP contribution in [0.15, 0.2) is 28.7 Å². The zero-order valence-electron chi connectivity index (χ0n) is 10.5. The van der Waals surface area contributed by atoms with Gasteiger partial charge in [0.1, 0.15) is 5.82 Å². The summed E-state index contributed by atoms with van der Waals surface area (Å²) >= 11 is 8.79. The molecule has 0 bridgehead atoms. The zero-order valence-corrected chi connectivity index (χ0v) is 12.9. The number of nitrogens with zero attached hydrogens (tertiary/aromatic N) is 1. The van der Waals surface area contributed by atoms with Crippen molar-refractivity contribution in [1.82, 2.24) is 4.98 Å². The van der Waals surface area contributed by atoms with Gasteiger partial charge in [-0.1, -0.05) is 11.6 Å². The van der Waals surface area contributed by atoms with E-state index in [4.69, 9.17) is 11.6 Å². The van der Waals surface area contributed by atoms with Crippen molar-refractivity contribution in [2.24, 2.45) is 0 Å². The average Bonchev–Trinajstić information content (AvgIpc) is 2.43. The summed E-state index contributed by atoms with van der Waals surface area (Å²) < 4.78 is 53.0. The van der Waals surface area contributed by atoms with Crippen molar-refractivity contribution in [1.29, 1.82) is 0 Å².